The maximum atomic E-state index is 12.3. The molecule has 0 bridgehead atoms. The number of anilines is 1. The minimum atomic E-state index is -0.177. The van der Waals surface area contributed by atoms with Gasteiger partial charge in [-0.1, -0.05) is 23.7 Å². The van der Waals surface area contributed by atoms with Gasteiger partial charge in [-0.3, -0.25) is 9.59 Å². The van der Waals surface area contributed by atoms with E-state index in [0.29, 0.717) is 10.7 Å². The lowest BCUT2D eigenvalue weighted by atomic mass is 10.1. The Hall–Kier alpha value is -1.55. The number of rotatable bonds is 3. The molecule has 0 radical (unpaired) electrons. The normalized spacial score (nSPS) is 15.0. The van der Waals surface area contributed by atoms with E-state index >= 15 is 0 Å². The molecule has 0 N–H and O–H groups in total. The van der Waals surface area contributed by atoms with Crippen LogP contribution >= 0.6 is 11.6 Å². The van der Waals surface area contributed by atoms with Crippen LogP contribution in [-0.2, 0) is 9.59 Å². The van der Waals surface area contributed by atoms with Crippen LogP contribution in [0.25, 0.3) is 0 Å². The van der Waals surface area contributed by atoms with Crippen molar-refractivity contribution in [1.29, 1.82) is 0 Å². The molecule has 108 valence electrons. The summed E-state index contributed by atoms with van der Waals surface area (Å²) in [5, 5.41) is 0.481. The summed E-state index contributed by atoms with van der Waals surface area (Å²) in [7, 11) is 0. The second-order valence-corrected chi connectivity index (χ2v) is 5.41. The minimum absolute atomic E-state index is 0.0141. The van der Waals surface area contributed by atoms with Crippen LogP contribution in [0, 0.1) is 0 Å². The van der Waals surface area contributed by atoms with Crippen LogP contribution in [0.4, 0.5) is 5.69 Å². The average molecular weight is 295 g/mol. The first-order valence-electron chi connectivity index (χ1n) is 6.90. The molecule has 2 rings (SSSR count). The Morgan fingerprint density at radius 1 is 1.20 bits per heavy atom. The Morgan fingerprint density at radius 3 is 2.45 bits per heavy atom. The topological polar surface area (TPSA) is 40.6 Å². The molecule has 0 saturated carbocycles. The molecule has 5 heteroatoms. The van der Waals surface area contributed by atoms with Crippen molar-refractivity contribution < 1.29 is 9.59 Å². The average Bonchev–Trinajstić information content (AvgIpc) is 2.46. The first-order chi connectivity index (χ1) is 9.59. The monoisotopic (exact) mass is 294 g/mol. The van der Waals surface area contributed by atoms with Crippen molar-refractivity contribution in [1.82, 2.24) is 4.90 Å². The fourth-order valence-electron chi connectivity index (χ4n) is 2.42. The highest BCUT2D eigenvalue weighted by atomic mass is 35.5. The summed E-state index contributed by atoms with van der Waals surface area (Å²) in [4.78, 5) is 27.4. The lowest BCUT2D eigenvalue weighted by Gasteiger charge is -2.30. The summed E-state index contributed by atoms with van der Waals surface area (Å²) in [6.45, 7) is 3.08. The van der Waals surface area contributed by atoms with Gasteiger partial charge in [0.2, 0.25) is 11.8 Å². The number of halogens is 1. The van der Waals surface area contributed by atoms with Crippen molar-refractivity contribution in [2.24, 2.45) is 0 Å². The summed E-state index contributed by atoms with van der Waals surface area (Å²) in [5.74, 6) is -0.191. The number of benzene rings is 1. The Balaban J connectivity index is 2.12. The van der Waals surface area contributed by atoms with Gasteiger partial charge in [0.05, 0.1) is 10.7 Å². The van der Waals surface area contributed by atoms with Crippen LogP contribution in [0.5, 0.6) is 0 Å². The molecule has 1 heterocycles. The zero-order valence-corrected chi connectivity index (χ0v) is 12.4. The molecule has 1 aromatic carbocycles. The van der Waals surface area contributed by atoms with Gasteiger partial charge in [-0.2, -0.15) is 0 Å². The molecule has 1 fully saturated rings. The second kappa shape index (κ2) is 6.75. The third kappa shape index (κ3) is 3.51. The van der Waals surface area contributed by atoms with E-state index in [1.807, 2.05) is 11.0 Å². The van der Waals surface area contributed by atoms with E-state index in [0.717, 1.165) is 25.9 Å². The summed E-state index contributed by atoms with van der Waals surface area (Å²) >= 11 is 6.11. The van der Waals surface area contributed by atoms with Gasteiger partial charge in [-0.15, -0.1) is 0 Å². The van der Waals surface area contributed by atoms with Gasteiger partial charge in [0, 0.05) is 20.0 Å². The van der Waals surface area contributed by atoms with Crippen LogP contribution in [0.1, 0.15) is 26.2 Å². The molecule has 2 amide bonds. The van der Waals surface area contributed by atoms with E-state index in [9.17, 15) is 9.59 Å². The first-order valence-corrected chi connectivity index (χ1v) is 7.28. The quantitative estimate of drug-likeness (QED) is 0.860. The highest BCUT2D eigenvalue weighted by Gasteiger charge is 2.22. The maximum absolute atomic E-state index is 12.3. The Labute approximate surface area is 124 Å². The fourth-order valence-corrected chi connectivity index (χ4v) is 2.65. The third-order valence-electron chi connectivity index (χ3n) is 3.53. The Bertz CT molecular complexity index is 498. The number of carbonyl (C=O) groups excluding carboxylic acids is 2. The van der Waals surface area contributed by atoms with Crippen molar-refractivity contribution in [2.75, 3.05) is 24.5 Å². The van der Waals surface area contributed by atoms with Crippen molar-refractivity contribution in [3.63, 3.8) is 0 Å². The molecule has 20 heavy (non-hydrogen) atoms. The minimum Gasteiger partial charge on any atom is -0.341 e. The van der Waals surface area contributed by atoms with Crippen molar-refractivity contribution in [2.45, 2.75) is 26.2 Å². The Morgan fingerprint density at radius 2 is 1.85 bits per heavy atom. The molecule has 1 aliphatic rings. The number of hydrogen-bond acceptors (Lipinski definition) is 2. The van der Waals surface area contributed by atoms with Crippen LogP contribution < -0.4 is 4.90 Å². The number of likely N-dealkylation sites (tertiary alicyclic amines) is 1. The van der Waals surface area contributed by atoms with Gasteiger partial charge in [0.1, 0.15) is 6.54 Å². The molecule has 1 saturated heterocycles. The van der Waals surface area contributed by atoms with E-state index in [4.69, 9.17) is 11.6 Å². The van der Waals surface area contributed by atoms with Crippen LogP contribution in [-0.4, -0.2) is 36.3 Å². The summed E-state index contributed by atoms with van der Waals surface area (Å²) in [5.41, 5.74) is 0.590. The molecule has 0 aliphatic carbocycles. The first kappa shape index (κ1) is 14.9. The number of para-hydroxylation sites is 1. The number of piperidine rings is 1. The smallest absolute Gasteiger partial charge is 0.242 e. The molecule has 0 aromatic heterocycles. The molecule has 1 aliphatic heterocycles. The van der Waals surface area contributed by atoms with Gasteiger partial charge >= 0.3 is 0 Å². The van der Waals surface area contributed by atoms with Gasteiger partial charge in [-0.25, -0.2) is 0 Å². The lowest BCUT2D eigenvalue weighted by Crippen LogP contribution is -2.44. The largest absolute Gasteiger partial charge is 0.341 e. The highest BCUT2D eigenvalue weighted by Crippen LogP contribution is 2.25. The predicted octanol–water partition coefficient (Wildman–Crippen LogP) is 2.71. The summed E-state index contributed by atoms with van der Waals surface area (Å²) < 4.78 is 0. The highest BCUT2D eigenvalue weighted by molar-refractivity contribution is 6.33. The molecular formula is C15H19ClN2O2. The fraction of sp³-hybridized carbons (Fsp3) is 0.467. The standard InChI is InChI=1S/C15H19ClN2O2/c1-12(19)18(14-8-4-3-7-13(14)16)11-15(20)17-9-5-2-6-10-17/h3-4,7-8H,2,5-6,9-11H2,1H3. The molecule has 0 spiro atoms. The van der Waals surface area contributed by atoms with Gasteiger partial charge in [0.25, 0.3) is 0 Å². The summed E-state index contributed by atoms with van der Waals surface area (Å²) in [6, 6.07) is 7.09. The number of amides is 2. The molecule has 0 atom stereocenters. The maximum Gasteiger partial charge on any atom is 0.242 e. The summed E-state index contributed by atoms with van der Waals surface area (Å²) in [6.07, 6.45) is 3.25. The second-order valence-electron chi connectivity index (χ2n) is 5.00. The SMILES string of the molecule is CC(=O)N(CC(=O)N1CCCCC1)c1ccccc1Cl. The Kier molecular flexibility index (Phi) is 5.01. The van der Waals surface area contributed by atoms with Crippen LogP contribution in [0.15, 0.2) is 24.3 Å². The number of nitrogens with zero attached hydrogens (tertiary/aromatic N) is 2. The zero-order chi connectivity index (χ0) is 14.5. The van der Waals surface area contributed by atoms with Crippen molar-refractivity contribution >= 4 is 29.1 Å². The zero-order valence-electron chi connectivity index (χ0n) is 11.6. The number of carbonyl (C=O) groups is 2. The third-order valence-corrected chi connectivity index (χ3v) is 3.85. The lowest BCUT2D eigenvalue weighted by molar-refractivity contribution is -0.132. The van der Waals surface area contributed by atoms with Crippen LogP contribution in [0.2, 0.25) is 5.02 Å². The number of hydrogen-bond donors (Lipinski definition) is 0. The van der Waals surface area contributed by atoms with E-state index in [-0.39, 0.29) is 18.4 Å². The van der Waals surface area contributed by atoms with Gasteiger partial charge in [-0.05, 0) is 31.4 Å². The van der Waals surface area contributed by atoms with E-state index in [2.05, 4.69) is 0 Å². The van der Waals surface area contributed by atoms with Gasteiger partial charge < -0.3 is 9.80 Å². The van der Waals surface area contributed by atoms with E-state index in [1.54, 1.807) is 18.2 Å². The molecule has 1 aromatic rings. The molecule has 0 unspecified atom stereocenters. The van der Waals surface area contributed by atoms with Crippen LogP contribution in [0.3, 0.4) is 0 Å². The predicted molar refractivity (Wildman–Crippen MR) is 79.9 cm³/mol. The molecular weight excluding hydrogens is 276 g/mol. The van der Waals surface area contributed by atoms with E-state index < -0.39 is 0 Å². The van der Waals surface area contributed by atoms with Gasteiger partial charge in [0.15, 0.2) is 0 Å². The van der Waals surface area contributed by atoms with Crippen molar-refractivity contribution in [3.8, 4) is 0 Å². The van der Waals surface area contributed by atoms with Crippen molar-refractivity contribution in [3.05, 3.63) is 29.3 Å². The van der Waals surface area contributed by atoms with E-state index in [1.165, 1.54) is 18.2 Å². The molecule has 4 nitrogen and oxygen atoms in total.